The molecule has 0 radical (unpaired) electrons. The fraction of sp³-hybridized carbons (Fsp3) is 0.925. The van der Waals surface area contributed by atoms with Gasteiger partial charge in [-0.2, -0.15) is 0 Å². The monoisotopic (exact) mass is 716 g/mol. The van der Waals surface area contributed by atoms with Crippen molar-refractivity contribution in [1.82, 2.24) is 5.32 Å². The number of hydrogen-bond donors (Lipinski definition) is 7. The number of rotatable bonds is 33. The third kappa shape index (κ3) is 22.1. The Morgan fingerprint density at radius 2 is 1.14 bits per heavy atom. The molecule has 1 saturated heterocycles. The van der Waals surface area contributed by atoms with E-state index in [0.29, 0.717) is 6.42 Å². The van der Waals surface area contributed by atoms with Crippen LogP contribution >= 0.6 is 0 Å². The van der Waals surface area contributed by atoms with Gasteiger partial charge in [0, 0.05) is 0 Å². The summed E-state index contributed by atoms with van der Waals surface area (Å²) in [5, 5.41) is 64.3. The molecule has 1 rings (SSSR count). The zero-order chi connectivity index (χ0) is 36.8. The van der Waals surface area contributed by atoms with Crippen LogP contribution in [0.15, 0.2) is 12.2 Å². The molecule has 296 valence electrons. The lowest BCUT2D eigenvalue weighted by Gasteiger charge is -2.40. The summed E-state index contributed by atoms with van der Waals surface area (Å²) in [4.78, 5) is 13.0. The quantitative estimate of drug-likeness (QED) is 0.0302. The summed E-state index contributed by atoms with van der Waals surface area (Å²) in [7, 11) is 0. The van der Waals surface area contributed by atoms with E-state index in [9.17, 15) is 35.4 Å². The normalized spacial score (nSPS) is 22.9. The van der Waals surface area contributed by atoms with Crippen molar-refractivity contribution in [3.8, 4) is 0 Å². The second kappa shape index (κ2) is 31.4. The fourth-order valence-corrected chi connectivity index (χ4v) is 6.51. The average Bonchev–Trinajstić information content (AvgIpc) is 3.11. The SMILES string of the molecule is CCCCCCCCCCC/C=C/C(O)C(COC1OC(CO)C(O)C(O)C1O)NC(=O)C(O)CCCCCCCCCCCCCCCC. The first kappa shape index (κ1) is 46.9. The van der Waals surface area contributed by atoms with Gasteiger partial charge in [0.2, 0.25) is 5.91 Å². The molecule has 0 saturated carbocycles. The Morgan fingerprint density at radius 3 is 1.62 bits per heavy atom. The van der Waals surface area contributed by atoms with E-state index < -0.39 is 61.5 Å². The van der Waals surface area contributed by atoms with Crippen LogP contribution in [0.4, 0.5) is 0 Å². The van der Waals surface area contributed by atoms with Gasteiger partial charge in [0.15, 0.2) is 6.29 Å². The smallest absolute Gasteiger partial charge is 0.249 e. The molecule has 10 nitrogen and oxygen atoms in total. The Labute approximate surface area is 304 Å². The van der Waals surface area contributed by atoms with E-state index in [1.165, 1.54) is 109 Å². The van der Waals surface area contributed by atoms with Crippen LogP contribution in [0.25, 0.3) is 0 Å². The number of amides is 1. The molecule has 8 atom stereocenters. The van der Waals surface area contributed by atoms with Crippen LogP contribution in [-0.2, 0) is 14.3 Å². The van der Waals surface area contributed by atoms with Gasteiger partial charge >= 0.3 is 0 Å². The van der Waals surface area contributed by atoms with Gasteiger partial charge in [-0.15, -0.1) is 0 Å². The van der Waals surface area contributed by atoms with Crippen LogP contribution in [0.5, 0.6) is 0 Å². The molecule has 50 heavy (non-hydrogen) atoms. The second-order valence-corrected chi connectivity index (χ2v) is 14.6. The molecular weight excluding hydrogens is 638 g/mol. The predicted octanol–water partition coefficient (Wildman–Crippen LogP) is 6.36. The molecule has 0 aliphatic carbocycles. The molecule has 0 aromatic heterocycles. The molecule has 1 amide bonds. The molecule has 1 heterocycles. The molecule has 1 fully saturated rings. The van der Waals surface area contributed by atoms with E-state index >= 15 is 0 Å². The number of unbranched alkanes of at least 4 members (excludes halogenated alkanes) is 22. The minimum absolute atomic E-state index is 0.302. The van der Waals surface area contributed by atoms with Gasteiger partial charge in [-0.05, 0) is 19.3 Å². The number of carbonyl (C=O) groups excluding carboxylic acids is 1. The van der Waals surface area contributed by atoms with Crippen molar-refractivity contribution in [3.63, 3.8) is 0 Å². The summed E-state index contributed by atoms with van der Waals surface area (Å²) in [5.74, 6) is -0.617. The number of aliphatic hydroxyl groups is 6. The first-order chi connectivity index (χ1) is 24.3. The minimum Gasteiger partial charge on any atom is -0.394 e. The van der Waals surface area contributed by atoms with Crippen molar-refractivity contribution in [2.75, 3.05) is 13.2 Å². The van der Waals surface area contributed by atoms with Gasteiger partial charge in [-0.1, -0.05) is 167 Å². The van der Waals surface area contributed by atoms with Crippen molar-refractivity contribution < 1.29 is 44.9 Å². The first-order valence-electron chi connectivity index (χ1n) is 20.5. The van der Waals surface area contributed by atoms with Crippen LogP contribution in [0.2, 0.25) is 0 Å². The summed E-state index contributed by atoms with van der Waals surface area (Å²) in [5.41, 5.74) is 0. The zero-order valence-electron chi connectivity index (χ0n) is 31.8. The van der Waals surface area contributed by atoms with E-state index in [-0.39, 0.29) is 6.61 Å². The van der Waals surface area contributed by atoms with Gasteiger partial charge in [0.05, 0.1) is 25.4 Å². The molecule has 10 heteroatoms. The Morgan fingerprint density at radius 1 is 0.680 bits per heavy atom. The lowest BCUT2D eigenvalue weighted by Crippen LogP contribution is -2.60. The van der Waals surface area contributed by atoms with Crippen molar-refractivity contribution in [2.45, 2.75) is 223 Å². The predicted molar refractivity (Wildman–Crippen MR) is 200 cm³/mol. The van der Waals surface area contributed by atoms with Crippen molar-refractivity contribution >= 4 is 5.91 Å². The highest BCUT2D eigenvalue weighted by atomic mass is 16.7. The molecular formula is C40H77NO9. The maximum Gasteiger partial charge on any atom is 0.249 e. The lowest BCUT2D eigenvalue weighted by atomic mass is 9.99. The molecule has 8 unspecified atom stereocenters. The Balaban J connectivity index is 2.48. The topological polar surface area (TPSA) is 169 Å². The highest BCUT2D eigenvalue weighted by Crippen LogP contribution is 2.22. The zero-order valence-corrected chi connectivity index (χ0v) is 31.8. The van der Waals surface area contributed by atoms with Crippen molar-refractivity contribution in [1.29, 1.82) is 0 Å². The number of nitrogens with one attached hydrogen (secondary N) is 1. The number of allylic oxidation sites excluding steroid dienone is 1. The molecule has 0 aromatic carbocycles. The molecule has 0 bridgehead atoms. The maximum atomic E-state index is 13.0. The van der Waals surface area contributed by atoms with Gasteiger partial charge in [-0.25, -0.2) is 0 Å². The molecule has 1 aliphatic heterocycles. The highest BCUT2D eigenvalue weighted by Gasteiger charge is 2.44. The van der Waals surface area contributed by atoms with E-state index in [1.807, 2.05) is 6.08 Å². The Bertz CT molecular complexity index is 814. The van der Waals surface area contributed by atoms with Crippen LogP contribution < -0.4 is 5.32 Å². The molecule has 0 spiro atoms. The van der Waals surface area contributed by atoms with Crippen LogP contribution in [0.1, 0.15) is 174 Å². The number of hydrogen-bond acceptors (Lipinski definition) is 9. The third-order valence-electron chi connectivity index (χ3n) is 9.97. The van der Waals surface area contributed by atoms with Crippen molar-refractivity contribution in [2.24, 2.45) is 0 Å². The van der Waals surface area contributed by atoms with Crippen LogP contribution in [0, 0.1) is 0 Å². The fourth-order valence-electron chi connectivity index (χ4n) is 6.51. The summed E-state index contributed by atoms with van der Waals surface area (Å²) in [6, 6.07) is -0.972. The molecule has 0 aromatic rings. The largest absolute Gasteiger partial charge is 0.394 e. The van der Waals surface area contributed by atoms with E-state index in [1.54, 1.807) is 6.08 Å². The third-order valence-corrected chi connectivity index (χ3v) is 9.97. The van der Waals surface area contributed by atoms with E-state index in [4.69, 9.17) is 9.47 Å². The van der Waals surface area contributed by atoms with E-state index in [0.717, 1.165) is 44.9 Å². The van der Waals surface area contributed by atoms with Gasteiger partial charge in [-0.3, -0.25) is 4.79 Å². The number of aliphatic hydroxyl groups excluding tert-OH is 6. The number of carbonyl (C=O) groups is 1. The summed E-state index contributed by atoms with van der Waals surface area (Å²) < 4.78 is 11.1. The summed E-state index contributed by atoms with van der Waals surface area (Å²) in [6.45, 7) is 3.57. The lowest BCUT2D eigenvalue weighted by molar-refractivity contribution is -0.302. The Kier molecular flexibility index (Phi) is 29.5. The Hall–Kier alpha value is -1.11. The summed E-state index contributed by atoms with van der Waals surface area (Å²) in [6.07, 6.45) is 23.0. The van der Waals surface area contributed by atoms with Crippen molar-refractivity contribution in [3.05, 3.63) is 12.2 Å². The standard InChI is InChI=1S/C40H77NO9/c1-3-5-7-9-11-13-15-16-17-19-21-23-25-27-29-34(44)39(48)41-32(31-49-40-38(47)37(46)36(45)35(30-42)50-40)33(43)28-26-24-22-20-18-14-12-10-8-6-4-2/h26,28,32-38,40,42-47H,3-25,27,29-31H2,1-2H3,(H,41,48)/b28-26+. The maximum absolute atomic E-state index is 13.0. The summed E-state index contributed by atoms with van der Waals surface area (Å²) >= 11 is 0. The van der Waals surface area contributed by atoms with Crippen LogP contribution in [0.3, 0.4) is 0 Å². The minimum atomic E-state index is -1.60. The highest BCUT2D eigenvalue weighted by molar-refractivity contribution is 5.80. The van der Waals surface area contributed by atoms with Gasteiger partial charge in [0.25, 0.3) is 0 Å². The second-order valence-electron chi connectivity index (χ2n) is 14.6. The molecule has 7 N–H and O–H groups in total. The van der Waals surface area contributed by atoms with Gasteiger partial charge in [0.1, 0.15) is 30.5 Å². The van der Waals surface area contributed by atoms with E-state index in [2.05, 4.69) is 19.2 Å². The first-order valence-corrected chi connectivity index (χ1v) is 20.5. The average molecular weight is 716 g/mol. The van der Waals surface area contributed by atoms with Crippen LogP contribution in [-0.4, -0.2) is 98.7 Å². The molecule has 1 aliphatic rings. The van der Waals surface area contributed by atoms with Gasteiger partial charge < -0.3 is 45.4 Å². The number of ether oxygens (including phenoxy) is 2.